The second-order valence-corrected chi connectivity index (χ2v) is 6.81. The monoisotopic (exact) mass is 381 g/mol. The van der Waals surface area contributed by atoms with E-state index in [1.165, 1.54) is 0 Å². The first-order valence-electron chi connectivity index (χ1n) is 9.52. The lowest BCUT2D eigenvalue weighted by Crippen LogP contribution is -2.32. The molecule has 4 rings (SSSR count). The average Bonchev–Trinajstić information content (AvgIpc) is 3.41. The topological polar surface area (TPSA) is 90.6 Å². The zero-order chi connectivity index (χ0) is 19.3. The number of fused-ring (bicyclic) bond motifs is 1. The smallest absolute Gasteiger partial charge is 0.231 e. The van der Waals surface area contributed by atoms with Gasteiger partial charge >= 0.3 is 0 Å². The molecule has 0 aliphatic heterocycles. The molecule has 0 unspecified atom stereocenters. The molecule has 2 aromatic heterocycles. The van der Waals surface area contributed by atoms with Gasteiger partial charge in [0.2, 0.25) is 11.8 Å². The number of methoxy groups -OCH3 is 1. The highest BCUT2D eigenvalue weighted by Crippen LogP contribution is 2.24. The third-order valence-electron chi connectivity index (χ3n) is 4.96. The summed E-state index contributed by atoms with van der Waals surface area (Å²) >= 11 is 0. The van der Waals surface area contributed by atoms with E-state index in [9.17, 15) is 4.79 Å². The Bertz CT molecular complexity index is 948. The Hall–Kier alpha value is -3.16. The van der Waals surface area contributed by atoms with Crippen molar-refractivity contribution in [3.63, 3.8) is 0 Å². The molecule has 2 heterocycles. The normalized spacial score (nSPS) is 14.3. The van der Waals surface area contributed by atoms with Gasteiger partial charge in [-0.2, -0.15) is 4.52 Å². The minimum absolute atomic E-state index is 0.130. The van der Waals surface area contributed by atoms with Gasteiger partial charge in [-0.25, -0.2) is 0 Å². The van der Waals surface area contributed by atoms with Crippen molar-refractivity contribution in [2.75, 3.05) is 20.3 Å². The molecule has 28 heavy (non-hydrogen) atoms. The summed E-state index contributed by atoms with van der Waals surface area (Å²) < 4.78 is 12.5. The molecule has 0 atom stereocenters. The highest BCUT2D eigenvalue weighted by atomic mass is 16.5. The van der Waals surface area contributed by atoms with E-state index in [1.807, 2.05) is 24.3 Å². The van der Waals surface area contributed by atoms with Gasteiger partial charge in [-0.15, -0.1) is 15.3 Å². The lowest BCUT2D eigenvalue weighted by molar-refractivity contribution is -0.124. The van der Waals surface area contributed by atoms with Gasteiger partial charge in [0.05, 0.1) is 13.7 Å². The van der Waals surface area contributed by atoms with E-state index >= 15 is 0 Å². The van der Waals surface area contributed by atoms with Crippen LogP contribution < -0.4 is 14.8 Å². The molecule has 1 amide bonds. The summed E-state index contributed by atoms with van der Waals surface area (Å²) in [6.45, 7) is 0.819. The molecule has 0 saturated heterocycles. The highest BCUT2D eigenvalue weighted by Gasteiger charge is 2.22. The van der Waals surface area contributed by atoms with Crippen molar-refractivity contribution in [3.05, 3.63) is 36.4 Å². The molecule has 1 aliphatic rings. The van der Waals surface area contributed by atoms with Crippen molar-refractivity contribution in [3.8, 4) is 23.0 Å². The molecule has 1 aromatic carbocycles. The highest BCUT2D eigenvalue weighted by molar-refractivity contribution is 5.78. The van der Waals surface area contributed by atoms with Gasteiger partial charge in [0.25, 0.3) is 0 Å². The van der Waals surface area contributed by atoms with E-state index < -0.39 is 0 Å². The van der Waals surface area contributed by atoms with Crippen LogP contribution in [0, 0.1) is 5.92 Å². The number of nitrogens with zero attached hydrogens (tertiary/aromatic N) is 4. The molecule has 146 valence electrons. The summed E-state index contributed by atoms with van der Waals surface area (Å²) in [6, 6.07) is 11.1. The Morgan fingerprint density at radius 1 is 1.14 bits per heavy atom. The van der Waals surface area contributed by atoms with Crippen molar-refractivity contribution in [1.29, 1.82) is 0 Å². The van der Waals surface area contributed by atoms with Crippen LogP contribution in [0.25, 0.3) is 17.0 Å². The maximum atomic E-state index is 12.0. The maximum absolute atomic E-state index is 12.0. The van der Waals surface area contributed by atoms with Crippen LogP contribution in [0.2, 0.25) is 0 Å². The van der Waals surface area contributed by atoms with E-state index in [0.29, 0.717) is 30.5 Å². The van der Waals surface area contributed by atoms with E-state index in [-0.39, 0.29) is 11.8 Å². The molecule has 0 spiro atoms. The number of benzene rings is 1. The number of ether oxygens (including phenoxy) is 2. The van der Waals surface area contributed by atoms with Crippen LogP contribution in [-0.4, -0.2) is 46.0 Å². The molecule has 1 saturated carbocycles. The third kappa shape index (κ3) is 3.90. The summed E-state index contributed by atoms with van der Waals surface area (Å²) in [7, 11) is 1.63. The van der Waals surface area contributed by atoms with Crippen LogP contribution in [0.15, 0.2) is 36.4 Å². The number of rotatable bonds is 7. The molecule has 3 aromatic rings. The van der Waals surface area contributed by atoms with Crippen molar-refractivity contribution in [2.45, 2.75) is 25.7 Å². The van der Waals surface area contributed by atoms with Crippen LogP contribution in [0.1, 0.15) is 25.7 Å². The largest absolute Gasteiger partial charge is 0.497 e. The number of nitrogens with one attached hydrogen (secondary N) is 1. The summed E-state index contributed by atoms with van der Waals surface area (Å²) in [5.41, 5.74) is 1.51. The van der Waals surface area contributed by atoms with Gasteiger partial charge in [-0.3, -0.25) is 4.79 Å². The Kier molecular flexibility index (Phi) is 5.36. The number of hydrogen-bond donors (Lipinski definition) is 1. The number of aromatic nitrogens is 4. The fraction of sp³-hybridized carbons (Fsp3) is 0.400. The standard InChI is InChI=1S/C20H23N5O3/c1-27-16-8-6-14(7-9-16)19-23-22-17-10-11-18(24-25(17)19)28-13-12-21-20(26)15-4-2-3-5-15/h6-11,15H,2-5,12-13H2,1H3,(H,21,26). The molecule has 0 bridgehead atoms. The van der Waals surface area contributed by atoms with Gasteiger partial charge < -0.3 is 14.8 Å². The SMILES string of the molecule is COc1ccc(-c2nnc3ccc(OCCNC(=O)C4CCCC4)nn23)cc1. The van der Waals surface area contributed by atoms with Gasteiger partial charge in [0, 0.05) is 17.5 Å². The molecule has 8 heteroatoms. The molecule has 0 radical (unpaired) electrons. The Labute approximate surface area is 162 Å². The van der Waals surface area contributed by atoms with Crippen molar-refractivity contribution in [1.82, 2.24) is 25.1 Å². The van der Waals surface area contributed by atoms with E-state index in [2.05, 4.69) is 20.6 Å². The van der Waals surface area contributed by atoms with Crippen LogP contribution in [0.5, 0.6) is 11.6 Å². The maximum Gasteiger partial charge on any atom is 0.231 e. The molecule has 1 fully saturated rings. The first-order chi connectivity index (χ1) is 13.7. The Morgan fingerprint density at radius 3 is 2.68 bits per heavy atom. The molecule has 1 N–H and O–H groups in total. The molecular formula is C20H23N5O3. The zero-order valence-corrected chi connectivity index (χ0v) is 15.8. The summed E-state index contributed by atoms with van der Waals surface area (Å²) in [6.07, 6.45) is 4.28. The minimum Gasteiger partial charge on any atom is -0.497 e. The fourth-order valence-corrected chi connectivity index (χ4v) is 3.43. The Balaban J connectivity index is 1.40. The average molecular weight is 381 g/mol. The number of carbonyl (C=O) groups is 1. The van der Waals surface area contributed by atoms with E-state index in [4.69, 9.17) is 9.47 Å². The second-order valence-electron chi connectivity index (χ2n) is 6.81. The van der Waals surface area contributed by atoms with Gasteiger partial charge in [0.15, 0.2) is 11.5 Å². The zero-order valence-electron chi connectivity index (χ0n) is 15.8. The van der Waals surface area contributed by atoms with Crippen molar-refractivity contribution in [2.24, 2.45) is 5.92 Å². The summed E-state index contributed by atoms with van der Waals surface area (Å²) in [5.74, 6) is 2.15. The number of carbonyl (C=O) groups excluding carboxylic acids is 1. The minimum atomic E-state index is 0.130. The van der Waals surface area contributed by atoms with Crippen LogP contribution in [0.4, 0.5) is 0 Å². The molecular weight excluding hydrogens is 358 g/mol. The predicted molar refractivity (Wildman–Crippen MR) is 103 cm³/mol. The number of hydrogen-bond acceptors (Lipinski definition) is 6. The lowest BCUT2D eigenvalue weighted by atomic mass is 10.1. The quantitative estimate of drug-likeness (QED) is 0.633. The van der Waals surface area contributed by atoms with Crippen LogP contribution in [-0.2, 0) is 4.79 Å². The molecule has 8 nitrogen and oxygen atoms in total. The lowest BCUT2D eigenvalue weighted by Gasteiger charge is -2.11. The van der Waals surface area contributed by atoms with Gasteiger partial charge in [-0.1, -0.05) is 12.8 Å². The van der Waals surface area contributed by atoms with E-state index in [0.717, 1.165) is 37.0 Å². The predicted octanol–water partition coefficient (Wildman–Crippen LogP) is 2.49. The Morgan fingerprint density at radius 2 is 1.93 bits per heavy atom. The summed E-state index contributed by atoms with van der Waals surface area (Å²) in [5, 5.41) is 15.8. The third-order valence-corrected chi connectivity index (χ3v) is 4.96. The summed E-state index contributed by atoms with van der Waals surface area (Å²) in [4.78, 5) is 12.0. The molecule has 1 aliphatic carbocycles. The fourth-order valence-electron chi connectivity index (χ4n) is 3.43. The first-order valence-corrected chi connectivity index (χ1v) is 9.52. The number of amides is 1. The van der Waals surface area contributed by atoms with Crippen LogP contribution in [0.3, 0.4) is 0 Å². The first kappa shape index (κ1) is 18.2. The van der Waals surface area contributed by atoms with Crippen molar-refractivity contribution < 1.29 is 14.3 Å². The van der Waals surface area contributed by atoms with Crippen molar-refractivity contribution >= 4 is 11.6 Å². The van der Waals surface area contributed by atoms with Gasteiger partial charge in [-0.05, 0) is 43.2 Å². The van der Waals surface area contributed by atoms with E-state index in [1.54, 1.807) is 23.8 Å². The van der Waals surface area contributed by atoms with Gasteiger partial charge in [0.1, 0.15) is 12.4 Å². The van der Waals surface area contributed by atoms with Crippen LogP contribution >= 0.6 is 0 Å². The second kappa shape index (κ2) is 8.24.